The summed E-state index contributed by atoms with van der Waals surface area (Å²) in [6.45, 7) is 1.76. The summed E-state index contributed by atoms with van der Waals surface area (Å²) in [6.07, 6.45) is -6.91. The van der Waals surface area contributed by atoms with Gasteiger partial charge in [-0.05, 0) is 13.0 Å². The Hall–Kier alpha value is -2.10. The van der Waals surface area contributed by atoms with Gasteiger partial charge in [-0.3, -0.25) is 0 Å². The van der Waals surface area contributed by atoms with Crippen molar-refractivity contribution >= 4 is 5.97 Å². The van der Waals surface area contributed by atoms with Gasteiger partial charge in [0.25, 0.3) is 0 Å². The Bertz CT molecular complexity index is 705. The van der Waals surface area contributed by atoms with Crippen LogP contribution in [0.5, 0.6) is 11.5 Å². The minimum atomic E-state index is -4.91. The maximum atomic E-state index is 14.0. The molecule has 0 radical (unpaired) electrons. The molecular weight excluding hydrogens is 355 g/mol. The van der Waals surface area contributed by atoms with E-state index in [1.165, 1.54) is 0 Å². The molecule has 1 aliphatic rings. The fourth-order valence-corrected chi connectivity index (χ4v) is 3.08. The Morgan fingerprint density at radius 1 is 1.32 bits per heavy atom. The maximum Gasteiger partial charge on any atom is 0.417 e. The Balaban J connectivity index is 2.70. The Kier molecular flexibility index (Phi) is 4.62. The van der Waals surface area contributed by atoms with Crippen LogP contribution < -0.4 is 4.74 Å². The predicted octanol–water partition coefficient (Wildman–Crippen LogP) is 3.20. The van der Waals surface area contributed by atoms with Crippen molar-refractivity contribution in [2.75, 3.05) is 7.11 Å². The number of aromatic hydroxyl groups is 1. The molecule has 25 heavy (non-hydrogen) atoms. The summed E-state index contributed by atoms with van der Waals surface area (Å²) in [5.41, 5.74) is -3.27. The number of hydrogen-bond donors (Lipinski definition) is 2. The number of carboxylic acid groups (broad SMARTS) is 1. The summed E-state index contributed by atoms with van der Waals surface area (Å²) < 4.78 is 77.2. The highest BCUT2D eigenvalue weighted by Crippen LogP contribution is 2.55. The number of halogens is 5. The second-order valence-corrected chi connectivity index (χ2v) is 5.94. The SMILES string of the molecule is COc1c(C2C(C(=O)O)OC(C)(C(F)(F)F)C2C)cc(O)c(F)c1F. The zero-order chi connectivity index (χ0) is 19.3. The molecular formula is C15H15F5O5. The van der Waals surface area contributed by atoms with Gasteiger partial charge in [-0.1, -0.05) is 6.92 Å². The zero-order valence-electron chi connectivity index (χ0n) is 13.3. The van der Waals surface area contributed by atoms with E-state index < -0.39 is 64.4 Å². The largest absolute Gasteiger partial charge is 0.505 e. The third-order valence-electron chi connectivity index (χ3n) is 4.65. The van der Waals surface area contributed by atoms with Gasteiger partial charge in [0, 0.05) is 17.4 Å². The second-order valence-electron chi connectivity index (χ2n) is 5.94. The molecule has 0 bridgehead atoms. The van der Waals surface area contributed by atoms with Crippen LogP contribution in [-0.4, -0.2) is 41.2 Å². The van der Waals surface area contributed by atoms with E-state index in [0.717, 1.165) is 14.0 Å². The summed E-state index contributed by atoms with van der Waals surface area (Å²) >= 11 is 0. The third-order valence-corrected chi connectivity index (χ3v) is 4.65. The zero-order valence-corrected chi connectivity index (χ0v) is 13.3. The van der Waals surface area contributed by atoms with Gasteiger partial charge in [0.15, 0.2) is 23.2 Å². The second kappa shape index (κ2) is 6.01. The molecule has 0 aromatic heterocycles. The molecule has 140 valence electrons. The highest BCUT2D eigenvalue weighted by molar-refractivity contribution is 5.75. The summed E-state index contributed by atoms with van der Waals surface area (Å²) in [5.74, 6) is -9.99. The lowest BCUT2D eigenvalue weighted by Crippen LogP contribution is -2.47. The third kappa shape index (κ3) is 2.78. The van der Waals surface area contributed by atoms with Crippen LogP contribution in [0.1, 0.15) is 25.3 Å². The minimum absolute atomic E-state index is 0.424. The van der Waals surface area contributed by atoms with Crippen molar-refractivity contribution in [2.45, 2.75) is 37.6 Å². The Labute approximate surface area is 139 Å². The number of alkyl halides is 3. The van der Waals surface area contributed by atoms with Crippen LogP contribution in [0.3, 0.4) is 0 Å². The van der Waals surface area contributed by atoms with Crippen LogP contribution in [0.2, 0.25) is 0 Å². The van der Waals surface area contributed by atoms with Gasteiger partial charge in [-0.2, -0.15) is 22.0 Å². The lowest BCUT2D eigenvalue weighted by atomic mass is 9.77. The molecule has 1 aromatic rings. The quantitative estimate of drug-likeness (QED) is 0.800. The first-order valence-electron chi connectivity index (χ1n) is 7.09. The maximum absolute atomic E-state index is 14.0. The summed E-state index contributed by atoms with van der Waals surface area (Å²) in [7, 11) is 0.942. The number of methoxy groups -OCH3 is 1. The Morgan fingerprint density at radius 3 is 2.32 bits per heavy atom. The first kappa shape index (κ1) is 19.2. The minimum Gasteiger partial charge on any atom is -0.505 e. The highest BCUT2D eigenvalue weighted by atomic mass is 19.4. The van der Waals surface area contributed by atoms with Crippen molar-refractivity contribution in [3.8, 4) is 11.5 Å². The smallest absolute Gasteiger partial charge is 0.417 e. The van der Waals surface area contributed by atoms with Crippen LogP contribution in [0.4, 0.5) is 22.0 Å². The van der Waals surface area contributed by atoms with E-state index in [-0.39, 0.29) is 0 Å². The molecule has 1 aromatic carbocycles. The Morgan fingerprint density at radius 2 is 1.88 bits per heavy atom. The molecule has 1 saturated heterocycles. The molecule has 0 saturated carbocycles. The van der Waals surface area contributed by atoms with E-state index in [0.29, 0.717) is 13.0 Å². The van der Waals surface area contributed by atoms with Crippen LogP contribution >= 0.6 is 0 Å². The predicted molar refractivity (Wildman–Crippen MR) is 73.4 cm³/mol. The molecule has 4 atom stereocenters. The number of hydrogen-bond acceptors (Lipinski definition) is 4. The molecule has 2 N–H and O–H groups in total. The normalized spacial score (nSPS) is 29.7. The number of carboxylic acids is 1. The summed E-state index contributed by atoms with van der Waals surface area (Å²) in [6, 6.07) is 0.653. The fourth-order valence-electron chi connectivity index (χ4n) is 3.08. The van der Waals surface area contributed by atoms with Crippen LogP contribution in [0, 0.1) is 17.6 Å². The molecule has 1 aliphatic heterocycles. The van der Waals surface area contributed by atoms with Crippen molar-refractivity contribution in [2.24, 2.45) is 5.92 Å². The van der Waals surface area contributed by atoms with Gasteiger partial charge >= 0.3 is 12.1 Å². The van der Waals surface area contributed by atoms with Crippen molar-refractivity contribution in [1.82, 2.24) is 0 Å². The molecule has 5 nitrogen and oxygen atoms in total. The van der Waals surface area contributed by atoms with E-state index in [4.69, 9.17) is 9.47 Å². The lowest BCUT2D eigenvalue weighted by molar-refractivity contribution is -0.273. The molecule has 10 heteroatoms. The van der Waals surface area contributed by atoms with E-state index in [1.54, 1.807) is 0 Å². The number of benzene rings is 1. The lowest BCUT2D eigenvalue weighted by Gasteiger charge is -2.32. The van der Waals surface area contributed by atoms with E-state index in [2.05, 4.69) is 0 Å². The first-order chi connectivity index (χ1) is 11.4. The molecule has 1 fully saturated rings. The van der Waals surface area contributed by atoms with Gasteiger partial charge in [0.2, 0.25) is 11.6 Å². The van der Waals surface area contributed by atoms with Gasteiger partial charge in [0.1, 0.15) is 0 Å². The monoisotopic (exact) mass is 370 g/mol. The molecule has 0 aliphatic carbocycles. The molecule has 1 heterocycles. The van der Waals surface area contributed by atoms with Crippen LogP contribution in [-0.2, 0) is 9.53 Å². The van der Waals surface area contributed by atoms with E-state index in [1.807, 2.05) is 0 Å². The number of aliphatic carboxylic acids is 1. The van der Waals surface area contributed by atoms with Crippen molar-refractivity contribution in [3.63, 3.8) is 0 Å². The summed E-state index contributed by atoms with van der Waals surface area (Å²) in [5, 5.41) is 18.7. The molecule has 0 spiro atoms. The standard InChI is InChI=1S/C15H15F5O5/c1-5-8(6-4-7(21)9(16)10(17)11(6)24-3)12(13(22)23)25-14(5,2)15(18,19)20/h4-5,8,12,21H,1-3H3,(H,22,23). The van der Waals surface area contributed by atoms with Gasteiger partial charge in [0.05, 0.1) is 7.11 Å². The fraction of sp³-hybridized carbons (Fsp3) is 0.533. The van der Waals surface area contributed by atoms with E-state index in [9.17, 15) is 37.0 Å². The number of rotatable bonds is 3. The molecule has 0 amide bonds. The summed E-state index contributed by atoms with van der Waals surface area (Å²) in [4.78, 5) is 11.4. The number of phenols is 1. The van der Waals surface area contributed by atoms with Crippen LogP contribution in [0.15, 0.2) is 6.07 Å². The average molecular weight is 370 g/mol. The number of ether oxygens (including phenoxy) is 2. The molecule has 4 unspecified atom stereocenters. The van der Waals surface area contributed by atoms with Crippen molar-refractivity contribution < 1.29 is 46.4 Å². The topological polar surface area (TPSA) is 76.0 Å². The average Bonchev–Trinajstić information content (AvgIpc) is 2.78. The molecule has 2 rings (SSSR count). The van der Waals surface area contributed by atoms with Crippen molar-refractivity contribution in [3.05, 3.63) is 23.3 Å². The number of phenolic OH excluding ortho intramolecular Hbond substituents is 1. The highest BCUT2D eigenvalue weighted by Gasteiger charge is 2.66. The van der Waals surface area contributed by atoms with Crippen LogP contribution in [0.25, 0.3) is 0 Å². The van der Waals surface area contributed by atoms with E-state index >= 15 is 0 Å². The van der Waals surface area contributed by atoms with Gasteiger partial charge in [-0.25, -0.2) is 4.79 Å². The van der Waals surface area contributed by atoms with Crippen molar-refractivity contribution in [1.29, 1.82) is 0 Å². The number of carbonyl (C=O) groups is 1. The van der Waals surface area contributed by atoms with Gasteiger partial charge in [-0.15, -0.1) is 0 Å². The van der Waals surface area contributed by atoms with Gasteiger partial charge < -0.3 is 19.7 Å². The first-order valence-corrected chi connectivity index (χ1v) is 7.09.